The summed E-state index contributed by atoms with van der Waals surface area (Å²) < 4.78 is 13.2. The van der Waals surface area contributed by atoms with Gasteiger partial charge in [0.05, 0.1) is 5.56 Å². The molecule has 4 N–H and O–H groups in total. The van der Waals surface area contributed by atoms with Gasteiger partial charge in [-0.1, -0.05) is 66.7 Å². The Bertz CT molecular complexity index is 1570. The van der Waals surface area contributed by atoms with Gasteiger partial charge in [-0.15, -0.1) is 0 Å². The highest BCUT2D eigenvalue weighted by Gasteiger charge is 2.26. The highest BCUT2D eigenvalue weighted by molar-refractivity contribution is 6.09. The topological polar surface area (TPSA) is 66.6 Å². The lowest BCUT2D eigenvalue weighted by Gasteiger charge is -2.24. The summed E-state index contributed by atoms with van der Waals surface area (Å²) in [6.07, 6.45) is -0.562. The largest absolute Gasteiger partial charge is 0.461 e. The fraction of sp³-hybridized carbons (Fsp3) is 0.200. The molecular formula is C30H27N4O2. The number of nitrogens with one attached hydrogen (secondary N) is 4. The Morgan fingerprint density at radius 3 is 2.03 bits per heavy atom. The summed E-state index contributed by atoms with van der Waals surface area (Å²) in [4.78, 5) is 0. The zero-order valence-corrected chi connectivity index (χ0v) is 19.8. The molecule has 0 unspecified atom stereocenters. The second kappa shape index (κ2) is 9.08. The minimum absolute atomic E-state index is 0.277. The van der Waals surface area contributed by atoms with Crippen LogP contribution in [0.4, 0.5) is 0 Å². The normalized spacial score (nSPS) is 16.9. The van der Waals surface area contributed by atoms with Crippen molar-refractivity contribution in [2.75, 3.05) is 26.2 Å². The number of hydrogen-bond donors (Lipinski definition) is 4. The molecule has 1 radical (unpaired) electrons. The van der Waals surface area contributed by atoms with Crippen molar-refractivity contribution in [1.29, 1.82) is 0 Å². The molecule has 2 saturated heterocycles. The van der Waals surface area contributed by atoms with Gasteiger partial charge >= 0.3 is 0 Å². The molecule has 179 valence electrons. The van der Waals surface area contributed by atoms with E-state index < -0.39 is 0 Å². The first-order valence-corrected chi connectivity index (χ1v) is 12.5. The van der Waals surface area contributed by atoms with Gasteiger partial charge in [0.25, 0.3) is 0 Å². The van der Waals surface area contributed by atoms with E-state index in [2.05, 4.69) is 94.1 Å². The number of hydrogen-bond acceptors (Lipinski definition) is 6. The van der Waals surface area contributed by atoms with Crippen molar-refractivity contribution < 1.29 is 9.47 Å². The van der Waals surface area contributed by atoms with Crippen LogP contribution in [0.5, 0.6) is 11.5 Å². The van der Waals surface area contributed by atoms with Crippen molar-refractivity contribution in [3.8, 4) is 22.6 Å². The maximum absolute atomic E-state index is 6.65. The summed E-state index contributed by atoms with van der Waals surface area (Å²) in [6.45, 7) is 3.42. The van der Waals surface area contributed by atoms with Gasteiger partial charge in [0.1, 0.15) is 11.5 Å². The second-order valence-corrected chi connectivity index (χ2v) is 9.24. The number of rotatable bonds is 5. The molecule has 0 spiro atoms. The molecule has 6 heteroatoms. The van der Waals surface area contributed by atoms with Crippen LogP contribution in [-0.4, -0.2) is 38.9 Å². The van der Waals surface area contributed by atoms with Crippen molar-refractivity contribution in [2.24, 2.45) is 0 Å². The van der Waals surface area contributed by atoms with Gasteiger partial charge in [-0.05, 0) is 44.6 Å². The van der Waals surface area contributed by atoms with Gasteiger partial charge in [-0.3, -0.25) is 21.3 Å². The second-order valence-electron chi connectivity index (χ2n) is 9.24. The third kappa shape index (κ3) is 3.85. The molecule has 0 aromatic heterocycles. The van der Waals surface area contributed by atoms with Gasteiger partial charge in [0.2, 0.25) is 12.7 Å². The van der Waals surface area contributed by atoms with Crippen LogP contribution in [-0.2, 0) is 0 Å². The average Bonchev–Trinajstić information content (AvgIpc) is 3.62. The monoisotopic (exact) mass is 475 g/mol. The zero-order valence-electron chi connectivity index (χ0n) is 19.8. The first-order chi connectivity index (χ1) is 17.8. The predicted molar refractivity (Wildman–Crippen MR) is 144 cm³/mol. The SMILES string of the molecule is [c]1c(OC2NCCN2)c(-c2cccc3cc4ccccc4cc23)c(OC2NCCN2)c2ccccc12. The molecule has 6 nitrogen and oxygen atoms in total. The maximum Gasteiger partial charge on any atom is 0.207 e. The van der Waals surface area contributed by atoms with E-state index in [0.717, 1.165) is 59.2 Å². The van der Waals surface area contributed by atoms with Crippen molar-refractivity contribution in [1.82, 2.24) is 21.3 Å². The molecule has 5 aromatic carbocycles. The number of fused-ring (bicyclic) bond motifs is 3. The molecule has 2 fully saturated rings. The van der Waals surface area contributed by atoms with Crippen LogP contribution < -0.4 is 30.7 Å². The van der Waals surface area contributed by atoms with Crippen LogP contribution in [0.25, 0.3) is 43.4 Å². The standard InChI is InChI=1S/C30H27N4O2/c1-2-7-20-17-25-21(16-19(20)6-1)9-5-11-24(25)27-26(35-29-31-12-13-32-29)18-22-8-3-4-10-23(22)28(27)36-30-33-14-15-34-30/h1-11,16-17,29-34H,12-15H2. The summed E-state index contributed by atoms with van der Waals surface area (Å²) in [7, 11) is 0. The quantitative estimate of drug-likeness (QED) is 0.284. The Hall–Kier alpha value is -3.68. The lowest BCUT2D eigenvalue weighted by molar-refractivity contribution is 0.158. The molecule has 2 heterocycles. The first-order valence-electron chi connectivity index (χ1n) is 12.5. The van der Waals surface area contributed by atoms with Gasteiger partial charge in [-0.2, -0.15) is 0 Å². The van der Waals surface area contributed by atoms with E-state index in [-0.39, 0.29) is 12.7 Å². The molecule has 5 aromatic rings. The fourth-order valence-electron chi connectivity index (χ4n) is 5.21. The van der Waals surface area contributed by atoms with Crippen molar-refractivity contribution in [2.45, 2.75) is 12.7 Å². The molecule has 7 rings (SSSR count). The fourth-order valence-corrected chi connectivity index (χ4v) is 5.21. The van der Waals surface area contributed by atoms with Gasteiger partial charge in [-0.25, -0.2) is 0 Å². The third-order valence-electron chi connectivity index (χ3n) is 6.93. The van der Waals surface area contributed by atoms with Crippen LogP contribution in [0.1, 0.15) is 0 Å². The van der Waals surface area contributed by atoms with Crippen molar-refractivity contribution >= 4 is 32.3 Å². The molecule has 0 atom stereocenters. The number of ether oxygens (including phenoxy) is 2. The predicted octanol–water partition coefficient (Wildman–Crippen LogP) is 4.32. The molecule has 2 aliphatic heterocycles. The molecule has 0 amide bonds. The first kappa shape index (κ1) is 21.6. The van der Waals surface area contributed by atoms with Gasteiger partial charge in [0.15, 0.2) is 0 Å². The van der Waals surface area contributed by atoms with E-state index in [1.54, 1.807) is 0 Å². The Balaban J connectivity index is 1.51. The van der Waals surface area contributed by atoms with Gasteiger partial charge in [0, 0.05) is 37.6 Å². The van der Waals surface area contributed by atoms with Crippen molar-refractivity contribution in [3.05, 3.63) is 84.9 Å². The Morgan fingerprint density at radius 2 is 1.25 bits per heavy atom. The summed E-state index contributed by atoms with van der Waals surface area (Å²) in [6, 6.07) is 31.2. The molecule has 36 heavy (non-hydrogen) atoms. The molecule has 0 bridgehead atoms. The summed E-state index contributed by atoms with van der Waals surface area (Å²) in [5.74, 6) is 1.44. The van der Waals surface area contributed by atoms with E-state index in [1.165, 1.54) is 16.2 Å². The number of benzene rings is 5. The lowest BCUT2D eigenvalue weighted by Crippen LogP contribution is -2.38. The molecule has 0 aliphatic carbocycles. The molecular weight excluding hydrogens is 448 g/mol. The summed E-state index contributed by atoms with van der Waals surface area (Å²) >= 11 is 0. The Labute approximate surface area is 209 Å². The third-order valence-corrected chi connectivity index (χ3v) is 6.93. The lowest BCUT2D eigenvalue weighted by atomic mass is 9.92. The van der Waals surface area contributed by atoms with E-state index in [9.17, 15) is 0 Å². The Kier molecular flexibility index (Phi) is 5.44. The van der Waals surface area contributed by atoms with E-state index >= 15 is 0 Å². The van der Waals surface area contributed by atoms with E-state index in [4.69, 9.17) is 9.47 Å². The highest BCUT2D eigenvalue weighted by atomic mass is 16.5. The minimum atomic E-state index is -0.285. The van der Waals surface area contributed by atoms with E-state index in [1.807, 2.05) is 12.1 Å². The average molecular weight is 476 g/mol. The molecule has 2 aliphatic rings. The van der Waals surface area contributed by atoms with Crippen LogP contribution in [0.15, 0.2) is 78.9 Å². The minimum Gasteiger partial charge on any atom is -0.461 e. The Morgan fingerprint density at radius 1 is 0.611 bits per heavy atom. The van der Waals surface area contributed by atoms with Crippen LogP contribution in [0.3, 0.4) is 0 Å². The van der Waals surface area contributed by atoms with E-state index in [0.29, 0.717) is 5.75 Å². The summed E-state index contributed by atoms with van der Waals surface area (Å²) in [5.41, 5.74) is 1.96. The molecule has 0 saturated carbocycles. The summed E-state index contributed by atoms with van der Waals surface area (Å²) in [5, 5.41) is 20.2. The van der Waals surface area contributed by atoms with Crippen LogP contribution in [0.2, 0.25) is 0 Å². The van der Waals surface area contributed by atoms with Crippen LogP contribution >= 0.6 is 0 Å². The van der Waals surface area contributed by atoms with Gasteiger partial charge < -0.3 is 9.47 Å². The maximum atomic E-state index is 6.65. The van der Waals surface area contributed by atoms with Crippen molar-refractivity contribution in [3.63, 3.8) is 0 Å². The smallest absolute Gasteiger partial charge is 0.207 e. The van der Waals surface area contributed by atoms with Crippen LogP contribution in [0, 0.1) is 6.07 Å². The zero-order chi connectivity index (χ0) is 23.9. The highest BCUT2D eigenvalue weighted by Crippen LogP contribution is 2.47.